The van der Waals surface area contributed by atoms with Crippen LogP contribution in [0.3, 0.4) is 0 Å². The Hall–Kier alpha value is -3.10. The second-order valence-electron chi connectivity index (χ2n) is 7.04. The van der Waals surface area contributed by atoms with E-state index in [0.29, 0.717) is 28.2 Å². The van der Waals surface area contributed by atoms with Gasteiger partial charge in [-0.3, -0.25) is 0 Å². The Morgan fingerprint density at radius 2 is 1.66 bits per heavy atom. The third kappa shape index (κ3) is 2.92. The molecule has 8 heteroatoms. The molecule has 0 saturated carbocycles. The highest BCUT2D eigenvalue weighted by Gasteiger charge is 2.31. The van der Waals surface area contributed by atoms with Crippen LogP contribution in [0.15, 0.2) is 53.1 Å². The van der Waals surface area contributed by atoms with Gasteiger partial charge in [-0.05, 0) is 37.6 Å². The molecule has 0 aliphatic heterocycles. The van der Waals surface area contributed by atoms with Crippen molar-refractivity contribution in [3.8, 4) is 28.1 Å². The average Bonchev–Trinajstić information content (AvgIpc) is 3.19. The average molecular weight is 411 g/mol. The predicted molar refractivity (Wildman–Crippen MR) is 112 cm³/mol. The van der Waals surface area contributed by atoms with Crippen molar-refractivity contribution in [2.24, 2.45) is 0 Å². The van der Waals surface area contributed by atoms with Gasteiger partial charge < -0.3 is 9.63 Å². The molecule has 2 aromatic carbocycles. The van der Waals surface area contributed by atoms with Crippen LogP contribution in [0.4, 0.5) is 0 Å². The summed E-state index contributed by atoms with van der Waals surface area (Å²) in [7, 11) is -0.855. The van der Waals surface area contributed by atoms with Crippen LogP contribution in [-0.2, 0) is 10.2 Å². The molecular formula is C21H21N3O4S. The maximum absolute atomic E-state index is 13.4. The second-order valence-corrected chi connectivity index (χ2v) is 9.03. The van der Waals surface area contributed by atoms with E-state index in [-0.39, 0.29) is 5.75 Å². The molecule has 1 N–H and O–H groups in total. The molecule has 2 heterocycles. The first-order valence-corrected chi connectivity index (χ1v) is 10.4. The summed E-state index contributed by atoms with van der Waals surface area (Å²) in [6.07, 6.45) is 0. The van der Waals surface area contributed by atoms with Gasteiger partial charge in [-0.25, -0.2) is 3.97 Å². The van der Waals surface area contributed by atoms with Gasteiger partial charge in [0.1, 0.15) is 11.5 Å². The molecule has 2 aromatic heterocycles. The zero-order chi connectivity index (χ0) is 20.9. The zero-order valence-electron chi connectivity index (χ0n) is 16.5. The molecule has 0 aliphatic rings. The fourth-order valence-electron chi connectivity index (χ4n) is 3.58. The van der Waals surface area contributed by atoms with Crippen LogP contribution >= 0.6 is 0 Å². The number of benzene rings is 2. The summed E-state index contributed by atoms with van der Waals surface area (Å²) >= 11 is 0. The minimum absolute atomic E-state index is 0.136. The number of para-hydroxylation sites is 1. The molecule has 0 unspecified atom stereocenters. The summed E-state index contributed by atoms with van der Waals surface area (Å²) in [5.74, 6) is 0.665. The van der Waals surface area contributed by atoms with E-state index in [1.54, 1.807) is 44.2 Å². The Kier molecular flexibility index (Phi) is 4.48. The maximum atomic E-state index is 13.4. The van der Waals surface area contributed by atoms with Crippen LogP contribution in [0.5, 0.6) is 5.75 Å². The van der Waals surface area contributed by atoms with Crippen molar-refractivity contribution >= 4 is 21.1 Å². The molecule has 0 radical (unpaired) electrons. The summed E-state index contributed by atoms with van der Waals surface area (Å²) in [5, 5.41) is 14.6. The smallest absolute Gasteiger partial charge is 0.308 e. The van der Waals surface area contributed by atoms with Crippen molar-refractivity contribution in [3.63, 3.8) is 0 Å². The van der Waals surface area contributed by atoms with Gasteiger partial charge in [0.15, 0.2) is 0 Å². The van der Waals surface area contributed by atoms with Crippen molar-refractivity contribution < 1.29 is 18.0 Å². The fourth-order valence-corrected chi connectivity index (χ4v) is 4.73. The predicted octanol–water partition coefficient (Wildman–Crippen LogP) is 3.94. The number of aryl methyl sites for hydroxylation is 2. The molecule has 29 heavy (non-hydrogen) atoms. The lowest BCUT2D eigenvalue weighted by atomic mass is 9.97. The Morgan fingerprint density at radius 1 is 1.00 bits per heavy atom. The van der Waals surface area contributed by atoms with Crippen molar-refractivity contribution in [1.29, 1.82) is 0 Å². The van der Waals surface area contributed by atoms with Crippen LogP contribution in [-0.4, -0.2) is 41.1 Å². The van der Waals surface area contributed by atoms with Crippen LogP contribution in [0.1, 0.15) is 11.5 Å². The van der Waals surface area contributed by atoms with E-state index in [2.05, 4.69) is 5.16 Å². The number of fused-ring (bicyclic) bond motifs is 1. The Bertz CT molecular complexity index is 1300. The molecule has 0 saturated heterocycles. The van der Waals surface area contributed by atoms with Gasteiger partial charge >= 0.3 is 10.2 Å². The lowest BCUT2D eigenvalue weighted by Crippen LogP contribution is -2.29. The number of phenolic OH excluding ortho intramolecular Hbond substituents is 1. The molecule has 150 valence electrons. The van der Waals surface area contributed by atoms with Crippen LogP contribution < -0.4 is 0 Å². The monoisotopic (exact) mass is 411 g/mol. The Balaban J connectivity index is 2.26. The van der Waals surface area contributed by atoms with Gasteiger partial charge in [0.25, 0.3) is 0 Å². The first-order chi connectivity index (χ1) is 13.7. The standard InChI is InChI=1S/C21H21N3O4S/c1-13-19(14(2)28-22-13)21-20(15-9-11-16(25)12-10-15)17-7-5-6-8-18(17)24(21)29(26,27)23(3)4/h5-12,25H,1-4H3. The molecule has 0 spiro atoms. The molecule has 0 fully saturated rings. The zero-order valence-corrected chi connectivity index (χ0v) is 17.4. The van der Waals surface area contributed by atoms with E-state index in [1.807, 2.05) is 18.2 Å². The lowest BCUT2D eigenvalue weighted by Gasteiger charge is -2.17. The molecular weight excluding hydrogens is 390 g/mol. The van der Waals surface area contributed by atoms with Gasteiger partial charge in [0.2, 0.25) is 0 Å². The summed E-state index contributed by atoms with van der Waals surface area (Å²) in [6.45, 7) is 3.55. The van der Waals surface area contributed by atoms with E-state index in [0.717, 1.165) is 16.5 Å². The van der Waals surface area contributed by atoms with Gasteiger partial charge in [-0.15, -0.1) is 0 Å². The minimum atomic E-state index is -3.86. The lowest BCUT2D eigenvalue weighted by molar-refractivity contribution is 0.393. The normalized spacial score (nSPS) is 12.2. The van der Waals surface area contributed by atoms with Crippen molar-refractivity contribution in [2.75, 3.05) is 14.1 Å². The Morgan fingerprint density at radius 3 is 2.24 bits per heavy atom. The molecule has 4 aromatic rings. The first-order valence-electron chi connectivity index (χ1n) is 9.02. The van der Waals surface area contributed by atoms with Gasteiger partial charge in [0, 0.05) is 25.0 Å². The van der Waals surface area contributed by atoms with E-state index in [9.17, 15) is 13.5 Å². The molecule has 7 nitrogen and oxygen atoms in total. The highest BCUT2D eigenvalue weighted by molar-refractivity contribution is 7.87. The first kappa shape index (κ1) is 19.2. The molecule has 0 amide bonds. The number of rotatable bonds is 4. The number of hydrogen-bond acceptors (Lipinski definition) is 5. The van der Waals surface area contributed by atoms with E-state index < -0.39 is 10.2 Å². The number of hydrogen-bond donors (Lipinski definition) is 1. The summed E-state index contributed by atoms with van der Waals surface area (Å²) < 4.78 is 34.7. The number of aromatic nitrogens is 2. The van der Waals surface area contributed by atoms with Crippen LogP contribution in [0, 0.1) is 13.8 Å². The molecule has 0 aliphatic carbocycles. The van der Waals surface area contributed by atoms with Crippen molar-refractivity contribution in [3.05, 3.63) is 60.0 Å². The van der Waals surface area contributed by atoms with E-state index in [1.165, 1.54) is 22.4 Å². The molecule has 0 atom stereocenters. The number of nitrogens with zero attached hydrogens (tertiary/aromatic N) is 3. The topological polar surface area (TPSA) is 88.6 Å². The van der Waals surface area contributed by atoms with Gasteiger partial charge in [0.05, 0.1) is 22.5 Å². The van der Waals surface area contributed by atoms with E-state index >= 15 is 0 Å². The van der Waals surface area contributed by atoms with E-state index in [4.69, 9.17) is 4.52 Å². The molecule has 4 rings (SSSR count). The second kappa shape index (κ2) is 6.75. The number of aromatic hydroxyl groups is 1. The van der Waals surface area contributed by atoms with Crippen LogP contribution in [0.2, 0.25) is 0 Å². The highest BCUT2D eigenvalue weighted by atomic mass is 32.2. The third-order valence-electron chi connectivity index (χ3n) is 4.95. The van der Waals surface area contributed by atoms with Gasteiger partial charge in [-0.2, -0.15) is 12.7 Å². The third-order valence-corrected chi connectivity index (χ3v) is 6.71. The highest BCUT2D eigenvalue weighted by Crippen LogP contribution is 2.44. The summed E-state index contributed by atoms with van der Waals surface area (Å²) in [4.78, 5) is 0. The number of phenols is 1. The van der Waals surface area contributed by atoms with Gasteiger partial charge in [-0.1, -0.05) is 35.5 Å². The SMILES string of the molecule is Cc1noc(C)c1-c1c(-c2ccc(O)cc2)c2ccccc2n1S(=O)(=O)N(C)C. The summed E-state index contributed by atoms with van der Waals surface area (Å²) in [5.41, 5.74) is 3.79. The quantitative estimate of drug-likeness (QED) is 0.549. The maximum Gasteiger partial charge on any atom is 0.308 e. The Labute approximate surface area is 169 Å². The largest absolute Gasteiger partial charge is 0.508 e. The minimum Gasteiger partial charge on any atom is -0.508 e. The fraction of sp³-hybridized carbons (Fsp3) is 0.190. The van der Waals surface area contributed by atoms with Crippen LogP contribution in [0.25, 0.3) is 33.3 Å². The molecule has 0 bridgehead atoms. The summed E-state index contributed by atoms with van der Waals surface area (Å²) in [6, 6.07) is 14.1. The van der Waals surface area contributed by atoms with Crippen molar-refractivity contribution in [2.45, 2.75) is 13.8 Å². The van der Waals surface area contributed by atoms with Crippen molar-refractivity contribution in [1.82, 2.24) is 13.4 Å².